The summed E-state index contributed by atoms with van der Waals surface area (Å²) in [5, 5.41) is 0. The number of rotatable bonds is 4. The van der Waals surface area contributed by atoms with Crippen LogP contribution >= 0.6 is 11.6 Å². The van der Waals surface area contributed by atoms with E-state index in [0.717, 1.165) is 23.5 Å². The monoisotopic (exact) mass is 306 g/mol. The molecule has 2 aromatic rings. The van der Waals surface area contributed by atoms with Crippen molar-refractivity contribution in [1.82, 2.24) is 9.55 Å². The number of methoxy groups -OCH3 is 1. The van der Waals surface area contributed by atoms with E-state index in [0.29, 0.717) is 11.9 Å². The van der Waals surface area contributed by atoms with E-state index in [2.05, 4.69) is 16.7 Å². The van der Waals surface area contributed by atoms with Crippen molar-refractivity contribution in [3.63, 3.8) is 0 Å². The van der Waals surface area contributed by atoms with Crippen molar-refractivity contribution in [2.24, 2.45) is 0 Å². The number of fused-ring (bicyclic) bond motifs is 1. The van der Waals surface area contributed by atoms with Gasteiger partial charge in [-0.15, -0.1) is 11.6 Å². The first-order chi connectivity index (χ1) is 10.3. The van der Waals surface area contributed by atoms with E-state index in [4.69, 9.17) is 21.3 Å². The summed E-state index contributed by atoms with van der Waals surface area (Å²) in [6, 6.07) is 6.76. The number of nitrogens with zero attached hydrogens (tertiary/aromatic N) is 2. The maximum Gasteiger partial charge on any atom is 0.146 e. The highest BCUT2D eigenvalue weighted by atomic mass is 35.5. The molecule has 1 fully saturated rings. The van der Waals surface area contributed by atoms with Crippen LogP contribution in [0.4, 0.5) is 0 Å². The first-order valence-electron chi connectivity index (χ1n) is 7.95. The Bertz CT molecular complexity index is 600. The van der Waals surface area contributed by atoms with Crippen LogP contribution in [0.2, 0.25) is 0 Å². The lowest BCUT2D eigenvalue weighted by molar-refractivity contribution is 0.419. The molecule has 1 heterocycles. The Morgan fingerprint density at radius 1 is 1.24 bits per heavy atom. The molecule has 1 aliphatic rings. The zero-order chi connectivity index (χ0) is 14.7. The summed E-state index contributed by atoms with van der Waals surface area (Å²) in [6.45, 7) is 0. The Balaban J connectivity index is 2.11. The van der Waals surface area contributed by atoms with Crippen molar-refractivity contribution < 1.29 is 4.74 Å². The maximum atomic E-state index is 6.00. The number of hydrogen-bond donors (Lipinski definition) is 0. The first-order valence-corrected chi connectivity index (χ1v) is 8.48. The average Bonchev–Trinajstić information content (AvgIpc) is 2.69. The minimum absolute atomic E-state index is 0.558. The lowest BCUT2D eigenvalue weighted by atomic mass is 10.1. The van der Waals surface area contributed by atoms with Crippen molar-refractivity contribution in [3.05, 3.63) is 24.0 Å². The maximum absolute atomic E-state index is 6.00. The normalized spacial score (nSPS) is 17.0. The van der Waals surface area contributed by atoms with Crippen molar-refractivity contribution >= 4 is 22.6 Å². The van der Waals surface area contributed by atoms with E-state index in [-0.39, 0.29) is 0 Å². The van der Waals surface area contributed by atoms with E-state index >= 15 is 0 Å². The fourth-order valence-corrected chi connectivity index (χ4v) is 3.66. The van der Waals surface area contributed by atoms with Gasteiger partial charge in [-0.2, -0.15) is 0 Å². The first kappa shape index (κ1) is 14.7. The molecule has 4 heteroatoms. The predicted octanol–water partition coefficient (Wildman–Crippen LogP) is 4.72. The quantitative estimate of drug-likeness (QED) is 0.603. The van der Waals surface area contributed by atoms with Crippen LogP contribution in [0.15, 0.2) is 18.2 Å². The molecule has 0 spiro atoms. The molecule has 0 amide bonds. The molecule has 0 atom stereocenters. The van der Waals surface area contributed by atoms with Gasteiger partial charge < -0.3 is 9.30 Å². The predicted molar refractivity (Wildman–Crippen MR) is 87.4 cm³/mol. The highest BCUT2D eigenvalue weighted by molar-refractivity contribution is 6.17. The smallest absolute Gasteiger partial charge is 0.146 e. The number of benzene rings is 1. The van der Waals surface area contributed by atoms with E-state index in [1.807, 2.05) is 6.07 Å². The number of halogens is 1. The van der Waals surface area contributed by atoms with Gasteiger partial charge in [0.1, 0.15) is 17.1 Å². The van der Waals surface area contributed by atoms with E-state index in [1.54, 1.807) is 7.11 Å². The van der Waals surface area contributed by atoms with Crippen molar-refractivity contribution in [2.45, 2.75) is 51.0 Å². The largest absolute Gasteiger partial charge is 0.494 e. The third-order valence-corrected chi connectivity index (χ3v) is 4.67. The molecule has 0 saturated heterocycles. The molecular formula is C17H23ClN2O. The minimum Gasteiger partial charge on any atom is -0.494 e. The molecule has 21 heavy (non-hydrogen) atoms. The summed E-state index contributed by atoms with van der Waals surface area (Å²) < 4.78 is 7.91. The van der Waals surface area contributed by atoms with Gasteiger partial charge in [-0.25, -0.2) is 4.98 Å². The van der Waals surface area contributed by atoms with E-state index in [9.17, 15) is 0 Å². The van der Waals surface area contributed by atoms with Crippen LogP contribution in [0.25, 0.3) is 11.0 Å². The van der Waals surface area contributed by atoms with E-state index in [1.165, 1.54) is 44.0 Å². The van der Waals surface area contributed by atoms with Gasteiger partial charge in [-0.1, -0.05) is 31.7 Å². The van der Waals surface area contributed by atoms with Gasteiger partial charge in [0, 0.05) is 18.3 Å². The molecule has 1 aliphatic carbocycles. The lowest BCUT2D eigenvalue weighted by Crippen LogP contribution is -2.12. The van der Waals surface area contributed by atoms with Crippen molar-refractivity contribution in [1.29, 1.82) is 0 Å². The molecule has 0 aliphatic heterocycles. The standard InChI is InChI=1S/C17H23ClN2O/c1-21-15-10-6-9-14-17(15)19-16(11-12-18)20(14)13-7-4-2-3-5-8-13/h6,9-10,13H,2-5,7-8,11-12H2,1H3. The molecule has 1 aromatic heterocycles. The molecule has 1 saturated carbocycles. The SMILES string of the molecule is COc1cccc2c1nc(CCCl)n2C1CCCCCC1. The minimum atomic E-state index is 0.558. The number of para-hydroxylation sites is 1. The molecule has 0 radical (unpaired) electrons. The molecule has 3 rings (SSSR count). The number of imidazole rings is 1. The topological polar surface area (TPSA) is 27.1 Å². The highest BCUT2D eigenvalue weighted by Gasteiger charge is 2.21. The van der Waals surface area contributed by atoms with Gasteiger partial charge in [0.05, 0.1) is 12.6 Å². The average molecular weight is 307 g/mol. The Labute approximate surface area is 131 Å². The van der Waals surface area contributed by atoms with Crippen LogP contribution in [0.5, 0.6) is 5.75 Å². The number of hydrogen-bond acceptors (Lipinski definition) is 2. The Morgan fingerprint density at radius 2 is 2.00 bits per heavy atom. The van der Waals surface area contributed by atoms with Crippen molar-refractivity contribution in [2.75, 3.05) is 13.0 Å². The second-order valence-corrected chi connectivity index (χ2v) is 6.19. The lowest BCUT2D eigenvalue weighted by Gasteiger charge is -2.20. The molecule has 0 unspecified atom stereocenters. The summed E-state index contributed by atoms with van der Waals surface area (Å²) in [4.78, 5) is 4.83. The third kappa shape index (κ3) is 2.89. The summed E-state index contributed by atoms with van der Waals surface area (Å²) in [6.07, 6.45) is 8.66. The molecule has 3 nitrogen and oxygen atoms in total. The summed E-state index contributed by atoms with van der Waals surface area (Å²) in [5.74, 6) is 2.57. The fraction of sp³-hybridized carbons (Fsp3) is 0.588. The Kier molecular flexibility index (Phi) is 4.69. The molecule has 114 valence electrons. The second kappa shape index (κ2) is 6.69. The van der Waals surface area contributed by atoms with Gasteiger partial charge in [-0.3, -0.25) is 0 Å². The Morgan fingerprint density at radius 3 is 2.67 bits per heavy atom. The number of ether oxygens (including phenoxy) is 1. The van der Waals surface area contributed by atoms with Gasteiger partial charge in [0.25, 0.3) is 0 Å². The van der Waals surface area contributed by atoms with Gasteiger partial charge in [0.15, 0.2) is 0 Å². The van der Waals surface area contributed by atoms with Crippen molar-refractivity contribution in [3.8, 4) is 5.75 Å². The molecule has 0 N–H and O–H groups in total. The second-order valence-electron chi connectivity index (χ2n) is 5.81. The zero-order valence-corrected chi connectivity index (χ0v) is 13.4. The number of alkyl halides is 1. The van der Waals surface area contributed by atoms with Crippen LogP contribution in [-0.4, -0.2) is 22.5 Å². The number of aromatic nitrogens is 2. The summed E-state index contributed by atoms with van der Waals surface area (Å²) in [7, 11) is 1.71. The third-order valence-electron chi connectivity index (χ3n) is 4.48. The fourth-order valence-electron chi connectivity index (χ4n) is 3.49. The van der Waals surface area contributed by atoms with Crippen LogP contribution in [0.3, 0.4) is 0 Å². The van der Waals surface area contributed by atoms with Crippen LogP contribution < -0.4 is 4.74 Å². The van der Waals surface area contributed by atoms with Gasteiger partial charge in [0.2, 0.25) is 0 Å². The molecular weight excluding hydrogens is 284 g/mol. The Hall–Kier alpha value is -1.22. The molecule has 0 bridgehead atoms. The number of aryl methyl sites for hydroxylation is 1. The zero-order valence-electron chi connectivity index (χ0n) is 12.6. The van der Waals surface area contributed by atoms with Gasteiger partial charge in [-0.05, 0) is 25.0 Å². The van der Waals surface area contributed by atoms with Crippen LogP contribution in [0, 0.1) is 0 Å². The molecule has 1 aromatic carbocycles. The van der Waals surface area contributed by atoms with Crippen LogP contribution in [0.1, 0.15) is 50.4 Å². The highest BCUT2D eigenvalue weighted by Crippen LogP contribution is 2.34. The van der Waals surface area contributed by atoms with Gasteiger partial charge >= 0.3 is 0 Å². The van der Waals surface area contributed by atoms with E-state index < -0.39 is 0 Å². The summed E-state index contributed by atoms with van der Waals surface area (Å²) in [5.41, 5.74) is 2.17. The van der Waals surface area contributed by atoms with Crippen LogP contribution in [-0.2, 0) is 6.42 Å². The summed E-state index contributed by atoms with van der Waals surface area (Å²) >= 11 is 6.00.